The summed E-state index contributed by atoms with van der Waals surface area (Å²) in [4.78, 5) is 4.35. The SMILES string of the molecule is COc1ccc(CN(N)C2=NCCCN2)cc1OC. The van der Waals surface area contributed by atoms with Crippen molar-refractivity contribution in [1.29, 1.82) is 0 Å². The van der Waals surface area contributed by atoms with Crippen LogP contribution in [0.3, 0.4) is 0 Å². The van der Waals surface area contributed by atoms with E-state index in [1.54, 1.807) is 19.2 Å². The third-order valence-corrected chi connectivity index (χ3v) is 2.95. The third kappa shape index (κ3) is 3.29. The Bertz CT molecular complexity index is 462. The quantitative estimate of drug-likeness (QED) is 0.619. The maximum absolute atomic E-state index is 6.01. The topological polar surface area (TPSA) is 72.1 Å². The molecule has 19 heavy (non-hydrogen) atoms. The summed E-state index contributed by atoms with van der Waals surface area (Å²) in [6.07, 6.45) is 1.05. The van der Waals surface area contributed by atoms with Crippen LogP contribution in [0, 0.1) is 0 Å². The summed E-state index contributed by atoms with van der Waals surface area (Å²) in [6, 6.07) is 5.75. The zero-order valence-corrected chi connectivity index (χ0v) is 11.3. The highest BCUT2D eigenvalue weighted by Gasteiger charge is 2.12. The molecule has 0 saturated heterocycles. The molecule has 0 radical (unpaired) electrons. The van der Waals surface area contributed by atoms with Gasteiger partial charge in [0.1, 0.15) is 0 Å². The Morgan fingerprint density at radius 3 is 2.74 bits per heavy atom. The van der Waals surface area contributed by atoms with Gasteiger partial charge in [-0.25, -0.2) is 5.84 Å². The molecule has 0 aromatic heterocycles. The first kappa shape index (κ1) is 13.5. The second-order valence-electron chi connectivity index (χ2n) is 4.30. The van der Waals surface area contributed by atoms with Crippen LogP contribution >= 0.6 is 0 Å². The first-order valence-electron chi connectivity index (χ1n) is 6.26. The number of ether oxygens (including phenoxy) is 2. The molecule has 1 heterocycles. The fraction of sp³-hybridized carbons (Fsp3) is 0.462. The number of aliphatic imine (C=N–C) groups is 1. The monoisotopic (exact) mass is 264 g/mol. The minimum absolute atomic E-state index is 0.562. The molecule has 0 aliphatic carbocycles. The molecular weight excluding hydrogens is 244 g/mol. The van der Waals surface area contributed by atoms with Crippen molar-refractivity contribution in [2.45, 2.75) is 13.0 Å². The molecule has 0 atom stereocenters. The predicted octanol–water partition coefficient (Wildman–Crippen LogP) is 0.729. The lowest BCUT2D eigenvalue weighted by atomic mass is 10.2. The van der Waals surface area contributed by atoms with Crippen LogP contribution in [-0.2, 0) is 6.54 Å². The molecule has 1 aliphatic heterocycles. The van der Waals surface area contributed by atoms with Gasteiger partial charge in [-0.05, 0) is 24.1 Å². The average molecular weight is 264 g/mol. The number of guanidine groups is 1. The number of nitrogens with one attached hydrogen (secondary N) is 1. The Balaban J connectivity index is 2.08. The lowest BCUT2D eigenvalue weighted by Crippen LogP contribution is -2.47. The van der Waals surface area contributed by atoms with Gasteiger partial charge in [0, 0.05) is 13.1 Å². The van der Waals surface area contributed by atoms with E-state index in [4.69, 9.17) is 15.3 Å². The molecule has 0 saturated carbocycles. The highest BCUT2D eigenvalue weighted by molar-refractivity contribution is 5.79. The first-order chi connectivity index (χ1) is 9.24. The largest absolute Gasteiger partial charge is 0.493 e. The van der Waals surface area contributed by atoms with Crippen LogP contribution in [0.2, 0.25) is 0 Å². The zero-order valence-electron chi connectivity index (χ0n) is 11.3. The van der Waals surface area contributed by atoms with Crippen molar-refractivity contribution in [2.24, 2.45) is 10.8 Å². The van der Waals surface area contributed by atoms with Crippen LogP contribution in [0.25, 0.3) is 0 Å². The van der Waals surface area contributed by atoms with E-state index in [1.165, 1.54) is 0 Å². The molecule has 1 aromatic rings. The van der Waals surface area contributed by atoms with Gasteiger partial charge in [-0.3, -0.25) is 10.0 Å². The molecule has 0 unspecified atom stereocenters. The van der Waals surface area contributed by atoms with E-state index in [0.717, 1.165) is 31.0 Å². The van der Waals surface area contributed by atoms with E-state index in [2.05, 4.69) is 10.3 Å². The molecule has 1 aliphatic rings. The summed E-state index contributed by atoms with van der Waals surface area (Å²) < 4.78 is 10.5. The van der Waals surface area contributed by atoms with Gasteiger partial charge in [0.05, 0.1) is 20.8 Å². The van der Waals surface area contributed by atoms with Crippen LogP contribution in [0.1, 0.15) is 12.0 Å². The zero-order chi connectivity index (χ0) is 13.7. The van der Waals surface area contributed by atoms with Crippen LogP contribution < -0.4 is 20.6 Å². The molecule has 6 nitrogen and oxygen atoms in total. The second kappa shape index (κ2) is 6.29. The van der Waals surface area contributed by atoms with Gasteiger partial charge in [0.2, 0.25) is 5.96 Å². The maximum Gasteiger partial charge on any atom is 0.208 e. The third-order valence-electron chi connectivity index (χ3n) is 2.95. The Morgan fingerprint density at radius 2 is 2.11 bits per heavy atom. The molecule has 0 amide bonds. The van der Waals surface area contributed by atoms with Crippen molar-refractivity contribution in [1.82, 2.24) is 10.3 Å². The van der Waals surface area contributed by atoms with Crippen molar-refractivity contribution in [3.8, 4) is 11.5 Å². The van der Waals surface area contributed by atoms with Gasteiger partial charge >= 0.3 is 0 Å². The summed E-state index contributed by atoms with van der Waals surface area (Å²) in [6.45, 7) is 2.30. The van der Waals surface area contributed by atoms with Crippen molar-refractivity contribution in [2.75, 3.05) is 27.3 Å². The van der Waals surface area contributed by atoms with Crippen LogP contribution in [0.4, 0.5) is 0 Å². The minimum atomic E-state index is 0.562. The van der Waals surface area contributed by atoms with Gasteiger partial charge < -0.3 is 14.8 Å². The van der Waals surface area contributed by atoms with E-state index in [-0.39, 0.29) is 0 Å². The number of hydrogen-bond acceptors (Lipinski definition) is 6. The fourth-order valence-corrected chi connectivity index (χ4v) is 1.96. The first-order valence-corrected chi connectivity index (χ1v) is 6.26. The Hall–Kier alpha value is -1.95. The van der Waals surface area contributed by atoms with E-state index in [0.29, 0.717) is 18.0 Å². The molecule has 104 valence electrons. The van der Waals surface area contributed by atoms with E-state index < -0.39 is 0 Å². The molecule has 0 bridgehead atoms. The summed E-state index contributed by atoms with van der Waals surface area (Å²) >= 11 is 0. The molecule has 3 N–H and O–H groups in total. The van der Waals surface area contributed by atoms with Crippen molar-refractivity contribution in [3.63, 3.8) is 0 Å². The molecule has 0 spiro atoms. The number of hydrazine groups is 1. The van der Waals surface area contributed by atoms with E-state index in [9.17, 15) is 0 Å². The number of methoxy groups -OCH3 is 2. The highest BCUT2D eigenvalue weighted by atomic mass is 16.5. The minimum Gasteiger partial charge on any atom is -0.493 e. The Kier molecular flexibility index (Phi) is 4.46. The van der Waals surface area contributed by atoms with Crippen molar-refractivity contribution >= 4 is 5.96 Å². The highest BCUT2D eigenvalue weighted by Crippen LogP contribution is 2.27. The number of nitrogens with two attached hydrogens (primary N) is 1. The van der Waals surface area contributed by atoms with E-state index in [1.807, 2.05) is 18.2 Å². The van der Waals surface area contributed by atoms with Crippen LogP contribution in [0.5, 0.6) is 11.5 Å². The van der Waals surface area contributed by atoms with Gasteiger partial charge in [-0.1, -0.05) is 6.07 Å². The van der Waals surface area contributed by atoms with Gasteiger partial charge in [0.15, 0.2) is 11.5 Å². The van der Waals surface area contributed by atoms with Gasteiger partial charge in [-0.15, -0.1) is 0 Å². The second-order valence-corrected chi connectivity index (χ2v) is 4.30. The van der Waals surface area contributed by atoms with Crippen LogP contribution in [-0.4, -0.2) is 38.3 Å². The van der Waals surface area contributed by atoms with Crippen molar-refractivity contribution in [3.05, 3.63) is 23.8 Å². The molecular formula is C13H20N4O2. The predicted molar refractivity (Wildman–Crippen MR) is 74.2 cm³/mol. The smallest absolute Gasteiger partial charge is 0.208 e. The number of hydrogen-bond donors (Lipinski definition) is 2. The number of rotatable bonds is 4. The Labute approximate surface area is 113 Å². The summed E-state index contributed by atoms with van der Waals surface area (Å²) in [7, 11) is 3.24. The molecule has 6 heteroatoms. The summed E-state index contributed by atoms with van der Waals surface area (Å²) in [5.41, 5.74) is 1.04. The fourth-order valence-electron chi connectivity index (χ4n) is 1.96. The molecule has 1 aromatic carbocycles. The molecule has 0 fully saturated rings. The van der Waals surface area contributed by atoms with E-state index >= 15 is 0 Å². The lowest BCUT2D eigenvalue weighted by Gasteiger charge is -2.24. The number of benzene rings is 1. The summed E-state index contributed by atoms with van der Waals surface area (Å²) in [5, 5.41) is 4.80. The standard InChI is InChI=1S/C13H20N4O2/c1-18-11-5-4-10(8-12(11)19-2)9-17(14)13-15-6-3-7-16-13/h4-5,8H,3,6-7,9,14H2,1-2H3,(H,15,16). The molecule has 2 rings (SSSR count). The van der Waals surface area contributed by atoms with Crippen LogP contribution in [0.15, 0.2) is 23.2 Å². The Morgan fingerprint density at radius 1 is 1.32 bits per heavy atom. The summed E-state index contributed by atoms with van der Waals surface area (Å²) in [5.74, 6) is 8.16. The van der Waals surface area contributed by atoms with Crippen molar-refractivity contribution < 1.29 is 9.47 Å². The average Bonchev–Trinajstić information content (AvgIpc) is 2.48. The lowest BCUT2D eigenvalue weighted by molar-refractivity contribution is 0.352. The van der Waals surface area contributed by atoms with Gasteiger partial charge in [0.25, 0.3) is 0 Å². The van der Waals surface area contributed by atoms with Gasteiger partial charge in [-0.2, -0.15) is 0 Å². The normalized spacial score (nSPS) is 14.4. The number of nitrogens with zero attached hydrogens (tertiary/aromatic N) is 2. The maximum atomic E-state index is 6.01.